The van der Waals surface area contributed by atoms with Crippen molar-refractivity contribution in [3.63, 3.8) is 0 Å². The van der Waals surface area contributed by atoms with E-state index in [1.54, 1.807) is 0 Å². The van der Waals surface area contributed by atoms with E-state index in [2.05, 4.69) is 26.4 Å². The zero-order valence-corrected chi connectivity index (χ0v) is 18.6. The molecule has 1 amide bonds. The minimum atomic E-state index is -0.775. The monoisotopic (exact) mass is 499 g/mol. The van der Waals surface area contributed by atoms with Crippen LogP contribution in [0, 0.1) is 24.0 Å². The number of ether oxygens (including phenoxy) is 1. The van der Waals surface area contributed by atoms with E-state index in [9.17, 15) is 9.18 Å². The second-order valence-corrected chi connectivity index (χ2v) is 7.56. The maximum Gasteiger partial charge on any atom is 0.257 e. The summed E-state index contributed by atoms with van der Waals surface area (Å²) in [4.78, 5) is 18.1. The number of nitrogens with one attached hydrogen (secondary N) is 1. The average Bonchev–Trinajstić information content (AvgIpc) is 3.34. The van der Waals surface area contributed by atoms with Gasteiger partial charge in [-0.25, -0.2) is 13.8 Å². The Labute approximate surface area is 202 Å². The molecule has 0 unspecified atom stereocenters. The largest absolute Gasteiger partial charge is 0.480 e. The number of rotatable bonds is 6. The van der Waals surface area contributed by atoms with Crippen molar-refractivity contribution in [3.05, 3.63) is 82.2 Å². The number of pyridine rings is 1. The maximum atomic E-state index is 15.0. The van der Waals surface area contributed by atoms with Crippen molar-refractivity contribution in [2.24, 2.45) is 0 Å². The number of terminal acetylenes is 1. The summed E-state index contributed by atoms with van der Waals surface area (Å²) in [7, 11) is 0. The molecule has 0 saturated heterocycles. The first-order valence-corrected chi connectivity index (χ1v) is 10.3. The average molecular weight is 500 g/mol. The Bertz CT molecular complexity index is 1420. The fourth-order valence-corrected chi connectivity index (χ4v) is 3.55. The Hall–Kier alpha value is -4.00. The molecular weight excluding hydrogens is 487 g/mol. The molecule has 0 aliphatic carbocycles. The fourth-order valence-electron chi connectivity index (χ4n) is 3.05. The quantitative estimate of drug-likeness (QED) is 0.369. The number of hydrogen-bond acceptors (Lipinski definition) is 5. The highest BCUT2D eigenvalue weighted by Crippen LogP contribution is 2.35. The molecule has 0 spiro atoms. The number of anilines is 1. The van der Waals surface area contributed by atoms with E-state index in [1.807, 2.05) is 0 Å². The SMILES string of the molecule is C#CCOc1cc(F)ccc1-c1cc(Cl)c(C(=O)Nc2cnc(-n3nccn3)c(Cl)c2)cc1F. The van der Waals surface area contributed by atoms with Crippen LogP contribution in [0.2, 0.25) is 10.0 Å². The van der Waals surface area contributed by atoms with Gasteiger partial charge in [-0.2, -0.15) is 10.2 Å². The molecule has 2 heterocycles. The highest BCUT2D eigenvalue weighted by molar-refractivity contribution is 6.35. The summed E-state index contributed by atoms with van der Waals surface area (Å²) in [5, 5.41) is 10.6. The Balaban J connectivity index is 1.61. The minimum Gasteiger partial charge on any atom is -0.480 e. The molecule has 2 aromatic heterocycles. The van der Waals surface area contributed by atoms with Crippen molar-refractivity contribution in [2.45, 2.75) is 0 Å². The van der Waals surface area contributed by atoms with Gasteiger partial charge in [0.15, 0.2) is 5.82 Å². The molecule has 0 saturated carbocycles. The standard InChI is InChI=1S/C23H13Cl2F2N5O2/c1-2-7-34-21-8-13(26)3-4-15(21)16-10-18(24)17(11-20(16)27)23(33)31-14-9-19(25)22(28-12-14)32-29-5-6-30-32/h1,3-6,8-12H,7H2,(H,31,33). The number of carbonyl (C=O) groups excluding carboxylic acids is 1. The Morgan fingerprint density at radius 3 is 2.56 bits per heavy atom. The topological polar surface area (TPSA) is 81.9 Å². The van der Waals surface area contributed by atoms with Gasteiger partial charge in [-0.1, -0.05) is 29.1 Å². The van der Waals surface area contributed by atoms with E-state index >= 15 is 4.39 Å². The summed E-state index contributed by atoms with van der Waals surface area (Å²) in [6.45, 7) is -0.141. The molecule has 4 rings (SSSR count). The molecule has 0 aliphatic rings. The third-order valence-electron chi connectivity index (χ3n) is 4.53. The van der Waals surface area contributed by atoms with Gasteiger partial charge in [0.05, 0.1) is 39.9 Å². The number of aromatic nitrogens is 4. The van der Waals surface area contributed by atoms with Crippen LogP contribution in [0.25, 0.3) is 16.9 Å². The van der Waals surface area contributed by atoms with Crippen LogP contribution in [0.5, 0.6) is 5.75 Å². The Morgan fingerprint density at radius 1 is 1.09 bits per heavy atom. The van der Waals surface area contributed by atoms with Crippen LogP contribution >= 0.6 is 23.2 Å². The van der Waals surface area contributed by atoms with Gasteiger partial charge in [-0.15, -0.1) is 11.2 Å². The molecule has 0 atom stereocenters. The van der Waals surface area contributed by atoms with E-state index < -0.39 is 17.5 Å². The number of halogens is 4. The molecule has 7 nitrogen and oxygen atoms in total. The van der Waals surface area contributed by atoms with Crippen molar-refractivity contribution in [1.82, 2.24) is 20.0 Å². The Morgan fingerprint density at radius 2 is 1.85 bits per heavy atom. The van der Waals surface area contributed by atoms with E-state index in [0.717, 1.165) is 18.2 Å². The first-order chi connectivity index (χ1) is 16.4. The van der Waals surface area contributed by atoms with Crippen molar-refractivity contribution >= 4 is 34.8 Å². The second-order valence-electron chi connectivity index (χ2n) is 6.75. The minimum absolute atomic E-state index is 0.00866. The maximum absolute atomic E-state index is 15.0. The molecule has 0 bridgehead atoms. The summed E-state index contributed by atoms with van der Waals surface area (Å²) < 4.78 is 34.0. The van der Waals surface area contributed by atoms with Crippen LogP contribution in [0.1, 0.15) is 10.4 Å². The molecule has 1 N–H and O–H groups in total. The molecule has 4 aromatic rings. The van der Waals surface area contributed by atoms with E-state index in [0.29, 0.717) is 0 Å². The number of hydrogen-bond donors (Lipinski definition) is 1. The number of benzene rings is 2. The van der Waals surface area contributed by atoms with Crippen molar-refractivity contribution in [1.29, 1.82) is 0 Å². The zero-order chi connectivity index (χ0) is 24.2. The van der Waals surface area contributed by atoms with Gasteiger partial charge in [0.1, 0.15) is 24.0 Å². The van der Waals surface area contributed by atoms with Crippen LogP contribution < -0.4 is 10.1 Å². The lowest BCUT2D eigenvalue weighted by molar-refractivity contribution is 0.102. The lowest BCUT2D eigenvalue weighted by Gasteiger charge is -2.13. The summed E-state index contributed by atoms with van der Waals surface area (Å²) >= 11 is 12.5. The van der Waals surface area contributed by atoms with Gasteiger partial charge in [-0.3, -0.25) is 4.79 Å². The Kier molecular flexibility index (Phi) is 6.72. The van der Waals surface area contributed by atoms with E-state index in [-0.39, 0.29) is 50.6 Å². The molecule has 170 valence electrons. The van der Waals surface area contributed by atoms with Gasteiger partial charge in [0.2, 0.25) is 0 Å². The first kappa shape index (κ1) is 23.2. The lowest BCUT2D eigenvalue weighted by Crippen LogP contribution is -2.14. The number of nitrogens with zero attached hydrogens (tertiary/aromatic N) is 4. The van der Waals surface area contributed by atoms with Crippen molar-refractivity contribution < 1.29 is 18.3 Å². The van der Waals surface area contributed by atoms with Crippen molar-refractivity contribution in [2.75, 3.05) is 11.9 Å². The predicted octanol–water partition coefficient (Wildman–Crippen LogP) is 5.18. The summed E-state index contributed by atoms with van der Waals surface area (Å²) in [6.07, 6.45) is 9.45. The van der Waals surface area contributed by atoms with E-state index in [4.69, 9.17) is 34.4 Å². The summed E-state index contributed by atoms with van der Waals surface area (Å²) in [5.74, 6) is 0.514. The molecular formula is C23H13Cl2F2N5O2. The van der Waals surface area contributed by atoms with Crippen LogP contribution in [-0.2, 0) is 0 Å². The van der Waals surface area contributed by atoms with Gasteiger partial charge < -0.3 is 10.1 Å². The normalized spacial score (nSPS) is 10.6. The number of carbonyl (C=O) groups is 1. The van der Waals surface area contributed by atoms with Crippen LogP contribution in [0.4, 0.5) is 14.5 Å². The van der Waals surface area contributed by atoms with Crippen LogP contribution in [0.15, 0.2) is 55.0 Å². The molecule has 2 aromatic carbocycles. The van der Waals surface area contributed by atoms with Crippen molar-refractivity contribution in [3.8, 4) is 35.0 Å². The third-order valence-corrected chi connectivity index (χ3v) is 5.12. The predicted molar refractivity (Wildman–Crippen MR) is 123 cm³/mol. The van der Waals surface area contributed by atoms with Crippen LogP contribution in [-0.4, -0.2) is 32.5 Å². The number of amides is 1. The third kappa shape index (κ3) is 4.83. The smallest absolute Gasteiger partial charge is 0.257 e. The molecule has 34 heavy (non-hydrogen) atoms. The summed E-state index contributed by atoms with van der Waals surface area (Å²) in [6, 6.07) is 7.22. The van der Waals surface area contributed by atoms with Gasteiger partial charge in [-0.05, 0) is 30.3 Å². The lowest BCUT2D eigenvalue weighted by atomic mass is 10.0. The molecule has 11 heteroatoms. The highest BCUT2D eigenvalue weighted by atomic mass is 35.5. The summed E-state index contributed by atoms with van der Waals surface area (Å²) in [5.41, 5.74) is 0.344. The molecule has 0 radical (unpaired) electrons. The van der Waals surface area contributed by atoms with Gasteiger partial charge in [0, 0.05) is 17.2 Å². The van der Waals surface area contributed by atoms with E-state index in [1.165, 1.54) is 41.6 Å². The van der Waals surface area contributed by atoms with Gasteiger partial charge >= 0.3 is 0 Å². The molecule has 0 fully saturated rings. The second kappa shape index (κ2) is 9.87. The van der Waals surface area contributed by atoms with Gasteiger partial charge in [0.25, 0.3) is 5.91 Å². The fraction of sp³-hybridized carbons (Fsp3) is 0.0435. The first-order valence-electron chi connectivity index (χ1n) is 9.56. The van der Waals surface area contributed by atoms with Crippen LogP contribution in [0.3, 0.4) is 0 Å². The zero-order valence-electron chi connectivity index (χ0n) is 17.1. The molecule has 0 aliphatic heterocycles. The highest BCUT2D eigenvalue weighted by Gasteiger charge is 2.19.